The van der Waals surface area contributed by atoms with Crippen molar-refractivity contribution < 1.29 is 19.1 Å². The molecule has 148 valence electrons. The number of amides is 3. The normalized spacial score (nSPS) is 19.9. The third-order valence-corrected chi connectivity index (χ3v) is 4.90. The summed E-state index contributed by atoms with van der Waals surface area (Å²) in [6.07, 6.45) is 4.86. The highest BCUT2D eigenvalue weighted by molar-refractivity contribution is 5.85. The Hall–Kier alpha value is -1.79. The molecule has 0 aromatic rings. The van der Waals surface area contributed by atoms with Gasteiger partial charge >= 0.3 is 6.09 Å². The van der Waals surface area contributed by atoms with Crippen LogP contribution in [0.25, 0.3) is 0 Å². The Bertz CT molecular complexity index is 507. The summed E-state index contributed by atoms with van der Waals surface area (Å²) in [5.41, 5.74) is -0.495. The number of rotatable bonds is 4. The van der Waals surface area contributed by atoms with Gasteiger partial charge in [0.25, 0.3) is 0 Å². The number of alkyl carbamates (subject to hydrolysis) is 1. The molecule has 2 aliphatic heterocycles. The highest BCUT2D eigenvalue weighted by atomic mass is 16.6. The zero-order chi connectivity index (χ0) is 19.2. The number of nitrogens with one attached hydrogen (secondary N) is 1. The molecule has 0 aromatic heterocycles. The van der Waals surface area contributed by atoms with Crippen LogP contribution in [-0.2, 0) is 14.3 Å². The molecule has 2 fully saturated rings. The van der Waals surface area contributed by atoms with E-state index in [0.717, 1.165) is 32.1 Å². The molecule has 2 aliphatic rings. The Morgan fingerprint density at radius 3 is 2.46 bits per heavy atom. The minimum absolute atomic E-state index is 0.0406. The van der Waals surface area contributed by atoms with Gasteiger partial charge in [0.2, 0.25) is 11.8 Å². The van der Waals surface area contributed by atoms with Crippen LogP contribution in [0, 0.1) is 5.92 Å². The molecule has 0 bridgehead atoms. The van der Waals surface area contributed by atoms with E-state index in [1.54, 1.807) is 4.90 Å². The molecule has 0 atom stereocenters. The molecule has 2 saturated heterocycles. The molecule has 3 amide bonds. The Balaban J connectivity index is 1.69. The van der Waals surface area contributed by atoms with Gasteiger partial charge < -0.3 is 19.9 Å². The number of ether oxygens (including phenoxy) is 1. The van der Waals surface area contributed by atoms with Crippen molar-refractivity contribution in [2.75, 3.05) is 32.7 Å². The van der Waals surface area contributed by atoms with Crippen LogP contribution >= 0.6 is 0 Å². The van der Waals surface area contributed by atoms with Crippen LogP contribution in [0.5, 0.6) is 0 Å². The highest BCUT2D eigenvalue weighted by Gasteiger charge is 2.26. The number of piperidine rings is 1. The predicted molar refractivity (Wildman–Crippen MR) is 98.6 cm³/mol. The Labute approximate surface area is 156 Å². The van der Waals surface area contributed by atoms with Gasteiger partial charge in [-0.25, -0.2) is 4.79 Å². The van der Waals surface area contributed by atoms with E-state index in [1.165, 1.54) is 0 Å². The monoisotopic (exact) mass is 367 g/mol. The molecule has 1 N–H and O–H groups in total. The van der Waals surface area contributed by atoms with Crippen LogP contribution in [0.3, 0.4) is 0 Å². The fourth-order valence-electron chi connectivity index (χ4n) is 3.40. The number of carbonyl (C=O) groups is 3. The first-order chi connectivity index (χ1) is 12.2. The van der Waals surface area contributed by atoms with Gasteiger partial charge in [0.1, 0.15) is 5.60 Å². The van der Waals surface area contributed by atoms with E-state index in [4.69, 9.17) is 4.74 Å². The minimum atomic E-state index is -0.495. The molecular formula is C19H33N3O4. The van der Waals surface area contributed by atoms with Crippen LogP contribution in [0.4, 0.5) is 4.79 Å². The van der Waals surface area contributed by atoms with Gasteiger partial charge in [0.05, 0.1) is 6.54 Å². The first-order valence-corrected chi connectivity index (χ1v) is 9.77. The van der Waals surface area contributed by atoms with E-state index >= 15 is 0 Å². The van der Waals surface area contributed by atoms with E-state index in [1.807, 2.05) is 25.7 Å². The van der Waals surface area contributed by atoms with Crippen molar-refractivity contribution in [3.05, 3.63) is 0 Å². The van der Waals surface area contributed by atoms with Gasteiger partial charge in [0, 0.05) is 32.6 Å². The van der Waals surface area contributed by atoms with Crippen molar-refractivity contribution in [1.29, 1.82) is 0 Å². The number of hydrogen-bond acceptors (Lipinski definition) is 4. The SMILES string of the molecule is CC(C)(C)OC(=O)NCC1CCN(C(=O)CN2CCCCCC2=O)CC1. The van der Waals surface area contributed by atoms with Gasteiger partial charge in [-0.15, -0.1) is 0 Å². The molecule has 0 aliphatic carbocycles. The largest absolute Gasteiger partial charge is 0.444 e. The molecule has 7 nitrogen and oxygen atoms in total. The first-order valence-electron chi connectivity index (χ1n) is 9.77. The second-order valence-corrected chi connectivity index (χ2v) is 8.33. The maximum Gasteiger partial charge on any atom is 0.407 e. The van der Waals surface area contributed by atoms with Crippen molar-refractivity contribution in [1.82, 2.24) is 15.1 Å². The number of hydrogen-bond donors (Lipinski definition) is 1. The summed E-state index contributed by atoms with van der Waals surface area (Å²) in [4.78, 5) is 39.8. The number of likely N-dealkylation sites (tertiary alicyclic amines) is 2. The van der Waals surface area contributed by atoms with E-state index in [2.05, 4.69) is 5.32 Å². The summed E-state index contributed by atoms with van der Waals surface area (Å²) < 4.78 is 5.24. The Morgan fingerprint density at radius 1 is 1.12 bits per heavy atom. The van der Waals surface area contributed by atoms with Gasteiger partial charge in [-0.3, -0.25) is 9.59 Å². The molecule has 0 aromatic carbocycles. The van der Waals surface area contributed by atoms with Crippen LogP contribution < -0.4 is 5.32 Å². The average molecular weight is 367 g/mol. The molecule has 0 unspecified atom stereocenters. The molecule has 7 heteroatoms. The van der Waals surface area contributed by atoms with Crippen molar-refractivity contribution in [2.45, 2.75) is 64.9 Å². The summed E-state index contributed by atoms with van der Waals surface area (Å²) in [6, 6.07) is 0. The quantitative estimate of drug-likeness (QED) is 0.826. The van der Waals surface area contributed by atoms with Gasteiger partial charge in [-0.05, 0) is 52.4 Å². The third kappa shape index (κ3) is 6.84. The number of nitrogens with zero attached hydrogens (tertiary/aromatic N) is 2. The zero-order valence-corrected chi connectivity index (χ0v) is 16.4. The summed E-state index contributed by atoms with van der Waals surface area (Å²) in [5.74, 6) is 0.498. The summed E-state index contributed by atoms with van der Waals surface area (Å²) in [7, 11) is 0. The fourth-order valence-corrected chi connectivity index (χ4v) is 3.40. The summed E-state index contributed by atoms with van der Waals surface area (Å²) >= 11 is 0. The summed E-state index contributed by atoms with van der Waals surface area (Å²) in [5, 5.41) is 2.81. The lowest BCUT2D eigenvalue weighted by molar-refractivity contribution is -0.141. The second-order valence-electron chi connectivity index (χ2n) is 8.33. The second kappa shape index (κ2) is 9.24. The van der Waals surface area contributed by atoms with E-state index in [-0.39, 0.29) is 18.4 Å². The molecule has 2 rings (SSSR count). The highest BCUT2D eigenvalue weighted by Crippen LogP contribution is 2.18. The molecule has 0 spiro atoms. The smallest absolute Gasteiger partial charge is 0.407 e. The van der Waals surface area contributed by atoms with Crippen molar-refractivity contribution in [2.24, 2.45) is 5.92 Å². The van der Waals surface area contributed by atoms with Crippen LogP contribution in [0.2, 0.25) is 0 Å². The van der Waals surface area contributed by atoms with E-state index < -0.39 is 11.7 Å². The lowest BCUT2D eigenvalue weighted by Gasteiger charge is -2.33. The lowest BCUT2D eigenvalue weighted by Crippen LogP contribution is -2.47. The standard InChI is InChI=1S/C19H33N3O4/c1-19(2,3)26-18(25)20-13-15-8-11-21(12-9-15)17(24)14-22-10-6-4-5-7-16(22)23/h15H,4-14H2,1-3H3,(H,20,25). The minimum Gasteiger partial charge on any atom is -0.444 e. The maximum atomic E-state index is 12.5. The first kappa shape index (κ1) is 20.5. The van der Waals surface area contributed by atoms with Crippen LogP contribution in [-0.4, -0.2) is 66.0 Å². The van der Waals surface area contributed by atoms with Crippen molar-refractivity contribution in [3.63, 3.8) is 0 Å². The molecule has 0 radical (unpaired) electrons. The zero-order valence-electron chi connectivity index (χ0n) is 16.4. The van der Waals surface area contributed by atoms with Crippen LogP contribution in [0.15, 0.2) is 0 Å². The molecule has 26 heavy (non-hydrogen) atoms. The summed E-state index contributed by atoms with van der Waals surface area (Å²) in [6.45, 7) is 8.36. The van der Waals surface area contributed by atoms with Gasteiger partial charge in [-0.1, -0.05) is 6.42 Å². The van der Waals surface area contributed by atoms with Crippen LogP contribution in [0.1, 0.15) is 59.3 Å². The van der Waals surface area contributed by atoms with Gasteiger partial charge in [0.15, 0.2) is 0 Å². The number of carbonyl (C=O) groups excluding carboxylic acids is 3. The molecule has 2 heterocycles. The topological polar surface area (TPSA) is 79.0 Å². The lowest BCUT2D eigenvalue weighted by atomic mass is 9.97. The van der Waals surface area contributed by atoms with Crippen molar-refractivity contribution in [3.8, 4) is 0 Å². The maximum absolute atomic E-state index is 12.5. The predicted octanol–water partition coefficient (Wildman–Crippen LogP) is 2.15. The molecular weight excluding hydrogens is 334 g/mol. The third-order valence-electron chi connectivity index (χ3n) is 4.90. The van der Waals surface area contributed by atoms with E-state index in [0.29, 0.717) is 38.5 Å². The Kier molecular flexibility index (Phi) is 7.29. The molecule has 0 saturated carbocycles. The van der Waals surface area contributed by atoms with Crippen molar-refractivity contribution >= 4 is 17.9 Å². The average Bonchev–Trinajstić information content (AvgIpc) is 2.76. The van der Waals surface area contributed by atoms with Gasteiger partial charge in [-0.2, -0.15) is 0 Å². The Morgan fingerprint density at radius 2 is 1.81 bits per heavy atom. The fraction of sp³-hybridized carbons (Fsp3) is 0.842. The van der Waals surface area contributed by atoms with E-state index in [9.17, 15) is 14.4 Å².